The molecule has 0 radical (unpaired) electrons. The number of phosphoric acid groups is 1. The molecule has 0 aliphatic carbocycles. The fourth-order valence-electron chi connectivity index (χ4n) is 0.617. The van der Waals surface area contributed by atoms with E-state index in [0.29, 0.717) is 0 Å². The van der Waals surface area contributed by atoms with Gasteiger partial charge in [0.1, 0.15) is 6.61 Å². The van der Waals surface area contributed by atoms with Crippen molar-refractivity contribution in [2.24, 2.45) is 0 Å². The van der Waals surface area contributed by atoms with Crippen LogP contribution in [-0.2, 0) is 18.1 Å². The third-order valence-corrected chi connectivity index (χ3v) is 2.64. The van der Waals surface area contributed by atoms with E-state index < -0.39 is 7.82 Å². The van der Waals surface area contributed by atoms with Crippen LogP contribution in [0, 0.1) is 12.3 Å². The molecule has 0 aromatic rings. The predicted octanol–water partition coefficient (Wildman–Crippen LogP) is 2.37. The molecule has 0 N–H and O–H groups in total. The van der Waals surface area contributed by atoms with Crippen LogP contribution in [0.5, 0.6) is 0 Å². The van der Waals surface area contributed by atoms with Gasteiger partial charge in [-0.3, -0.25) is 13.6 Å². The molecule has 14 heavy (non-hydrogen) atoms. The summed E-state index contributed by atoms with van der Waals surface area (Å²) in [7, 11) is -3.46. The Balaban J connectivity index is 4.10. The third kappa shape index (κ3) is 5.95. The van der Waals surface area contributed by atoms with E-state index in [0.717, 1.165) is 0 Å². The van der Waals surface area contributed by atoms with Crippen LogP contribution < -0.4 is 0 Å². The van der Waals surface area contributed by atoms with E-state index in [9.17, 15) is 4.57 Å². The molecule has 0 amide bonds. The first-order chi connectivity index (χ1) is 6.68. The Labute approximate surface area is 84.9 Å². The highest BCUT2D eigenvalue weighted by Crippen LogP contribution is 2.48. The minimum atomic E-state index is -3.46. The first kappa shape index (κ1) is 13.4. The second kappa shape index (κ2) is 7.78. The van der Waals surface area contributed by atoms with Crippen LogP contribution in [0.4, 0.5) is 0 Å². The van der Waals surface area contributed by atoms with Crippen LogP contribution in [-0.4, -0.2) is 19.8 Å². The first-order valence-corrected chi connectivity index (χ1v) is 5.73. The molecule has 80 valence electrons. The summed E-state index contributed by atoms with van der Waals surface area (Å²) in [4.78, 5) is 0. The molecular weight excluding hydrogens is 203 g/mol. The zero-order chi connectivity index (χ0) is 10.9. The number of hydrogen-bond donors (Lipinski definition) is 0. The van der Waals surface area contributed by atoms with E-state index in [1.807, 2.05) is 6.92 Å². The summed E-state index contributed by atoms with van der Waals surface area (Å²) >= 11 is 0. The number of rotatable bonds is 7. The van der Waals surface area contributed by atoms with Gasteiger partial charge in [-0.2, -0.15) is 0 Å². The molecule has 0 aliphatic rings. The highest BCUT2D eigenvalue weighted by atomic mass is 31.2. The van der Waals surface area contributed by atoms with Crippen molar-refractivity contribution in [1.29, 1.82) is 0 Å². The first-order valence-electron chi connectivity index (χ1n) is 4.26. The molecule has 0 spiro atoms. The Morgan fingerprint density at radius 3 is 2.64 bits per heavy atom. The summed E-state index contributed by atoms with van der Waals surface area (Å²) in [6.07, 6.45) is 8.44. The van der Waals surface area contributed by atoms with Crippen molar-refractivity contribution < 1.29 is 18.1 Å². The highest BCUT2D eigenvalue weighted by Gasteiger charge is 2.24. The van der Waals surface area contributed by atoms with Gasteiger partial charge in [0.25, 0.3) is 0 Å². The van der Waals surface area contributed by atoms with Gasteiger partial charge >= 0.3 is 7.82 Å². The molecule has 0 bridgehead atoms. The molecule has 0 aliphatic heterocycles. The van der Waals surface area contributed by atoms with Crippen molar-refractivity contribution in [3.8, 4) is 12.3 Å². The third-order valence-electron chi connectivity index (χ3n) is 1.16. The van der Waals surface area contributed by atoms with Gasteiger partial charge in [-0.05, 0) is 13.8 Å². The molecule has 5 heteroatoms. The average Bonchev–Trinajstić information content (AvgIpc) is 2.16. The van der Waals surface area contributed by atoms with Gasteiger partial charge in [0.05, 0.1) is 13.2 Å². The molecule has 0 aromatic carbocycles. The van der Waals surface area contributed by atoms with Crippen LogP contribution in [0.25, 0.3) is 0 Å². The summed E-state index contributed by atoms with van der Waals surface area (Å²) in [5, 5.41) is 0. The Kier molecular flexibility index (Phi) is 7.45. The van der Waals surface area contributed by atoms with E-state index in [1.54, 1.807) is 19.1 Å². The maximum atomic E-state index is 11.7. The Morgan fingerprint density at radius 1 is 1.43 bits per heavy atom. The molecule has 0 aromatic heterocycles. The van der Waals surface area contributed by atoms with Gasteiger partial charge in [0, 0.05) is 0 Å². The smallest absolute Gasteiger partial charge is 0.287 e. The maximum absolute atomic E-state index is 11.7. The molecule has 1 unspecified atom stereocenters. The van der Waals surface area contributed by atoms with Crippen LogP contribution >= 0.6 is 7.82 Å². The van der Waals surface area contributed by atoms with E-state index >= 15 is 0 Å². The van der Waals surface area contributed by atoms with Crippen LogP contribution in [0.3, 0.4) is 0 Å². The molecule has 4 nitrogen and oxygen atoms in total. The number of phosphoric ester groups is 1. The highest BCUT2D eigenvalue weighted by molar-refractivity contribution is 7.48. The standard InChI is InChI=1S/C9H15O4P/c1-4-7-9-13-14(10,11-6-3)12-8-5-2/h2,4,7H,6,8-9H2,1,3H3/b7-4+. The summed E-state index contributed by atoms with van der Waals surface area (Å²) < 4.78 is 26.3. The fourth-order valence-corrected chi connectivity index (χ4v) is 1.66. The van der Waals surface area contributed by atoms with Gasteiger partial charge in [0.15, 0.2) is 0 Å². The van der Waals surface area contributed by atoms with Gasteiger partial charge in [-0.1, -0.05) is 18.1 Å². The van der Waals surface area contributed by atoms with Crippen molar-refractivity contribution >= 4 is 7.82 Å². The maximum Gasteiger partial charge on any atom is 0.476 e. The molecule has 0 fully saturated rings. The monoisotopic (exact) mass is 218 g/mol. The molecule has 0 heterocycles. The number of hydrogen-bond acceptors (Lipinski definition) is 4. The van der Waals surface area contributed by atoms with Crippen LogP contribution in [0.15, 0.2) is 12.2 Å². The quantitative estimate of drug-likeness (QED) is 0.374. The largest absolute Gasteiger partial charge is 0.476 e. The van der Waals surface area contributed by atoms with E-state index in [4.69, 9.17) is 20.0 Å². The van der Waals surface area contributed by atoms with Gasteiger partial charge in [-0.25, -0.2) is 4.57 Å². The second-order valence-corrected chi connectivity index (χ2v) is 3.88. The Morgan fingerprint density at radius 2 is 2.14 bits per heavy atom. The summed E-state index contributed by atoms with van der Waals surface area (Å²) in [5.41, 5.74) is 0. The van der Waals surface area contributed by atoms with Crippen molar-refractivity contribution in [2.45, 2.75) is 13.8 Å². The second-order valence-electron chi connectivity index (χ2n) is 2.21. The number of terminal acetylenes is 1. The van der Waals surface area contributed by atoms with Crippen molar-refractivity contribution in [1.82, 2.24) is 0 Å². The minimum absolute atomic E-state index is 0.0902. The minimum Gasteiger partial charge on any atom is -0.287 e. The lowest BCUT2D eigenvalue weighted by Crippen LogP contribution is -2.00. The zero-order valence-corrected chi connectivity index (χ0v) is 9.33. The Hall–Kier alpha value is -0.590. The lowest BCUT2D eigenvalue weighted by molar-refractivity contribution is 0.137. The molecule has 1 atom stereocenters. The van der Waals surface area contributed by atoms with Gasteiger partial charge < -0.3 is 0 Å². The van der Waals surface area contributed by atoms with E-state index in [2.05, 4.69) is 5.92 Å². The SMILES string of the molecule is C#CCOP(=O)(OCC)OC/C=C/C. The molecular formula is C9H15O4P. The number of allylic oxidation sites excluding steroid dienone is 1. The molecule has 0 saturated carbocycles. The zero-order valence-electron chi connectivity index (χ0n) is 8.43. The van der Waals surface area contributed by atoms with Crippen molar-refractivity contribution in [3.05, 3.63) is 12.2 Å². The van der Waals surface area contributed by atoms with E-state index in [-0.39, 0.29) is 19.8 Å². The van der Waals surface area contributed by atoms with E-state index in [1.165, 1.54) is 0 Å². The summed E-state index contributed by atoms with van der Waals surface area (Å²) in [6.45, 7) is 3.87. The van der Waals surface area contributed by atoms with Gasteiger partial charge in [-0.15, -0.1) is 6.42 Å². The normalized spacial score (nSPS) is 15.2. The van der Waals surface area contributed by atoms with Crippen LogP contribution in [0.1, 0.15) is 13.8 Å². The van der Waals surface area contributed by atoms with Crippen molar-refractivity contribution in [2.75, 3.05) is 19.8 Å². The summed E-state index contributed by atoms with van der Waals surface area (Å²) in [6, 6.07) is 0. The van der Waals surface area contributed by atoms with Crippen LogP contribution in [0.2, 0.25) is 0 Å². The van der Waals surface area contributed by atoms with Crippen molar-refractivity contribution in [3.63, 3.8) is 0 Å². The average molecular weight is 218 g/mol. The molecule has 0 rings (SSSR count). The predicted molar refractivity (Wildman–Crippen MR) is 54.8 cm³/mol. The Bertz CT molecular complexity index is 254. The molecule has 0 saturated heterocycles. The topological polar surface area (TPSA) is 44.8 Å². The fraction of sp³-hybridized carbons (Fsp3) is 0.556. The lowest BCUT2D eigenvalue weighted by atomic mass is 10.6. The van der Waals surface area contributed by atoms with Gasteiger partial charge in [0.2, 0.25) is 0 Å². The summed E-state index contributed by atoms with van der Waals surface area (Å²) in [5.74, 6) is 2.20. The lowest BCUT2D eigenvalue weighted by Gasteiger charge is -2.14.